The third-order valence-corrected chi connectivity index (χ3v) is 6.36. The molecule has 5 N–H and O–H groups in total. The first-order valence-corrected chi connectivity index (χ1v) is 11.2. The van der Waals surface area contributed by atoms with Crippen molar-refractivity contribution < 1.29 is 9.53 Å². The first kappa shape index (κ1) is 20.7. The average Bonchev–Trinajstić information content (AvgIpc) is 3.24. The number of nitrogen functional groups attached to an aromatic ring is 1. The van der Waals surface area contributed by atoms with Crippen LogP contribution in [0.2, 0.25) is 0 Å². The van der Waals surface area contributed by atoms with Crippen LogP contribution in [0.15, 0.2) is 36.5 Å². The number of benzene rings is 1. The first-order valence-electron chi connectivity index (χ1n) is 11.2. The summed E-state index contributed by atoms with van der Waals surface area (Å²) >= 11 is 0. The first-order chi connectivity index (χ1) is 15.6. The summed E-state index contributed by atoms with van der Waals surface area (Å²) in [5, 5.41) is 7.79. The van der Waals surface area contributed by atoms with Crippen LogP contribution in [0.4, 0.5) is 17.2 Å². The Morgan fingerprint density at radius 1 is 1.09 bits per heavy atom. The van der Waals surface area contributed by atoms with Crippen molar-refractivity contribution in [1.82, 2.24) is 19.5 Å². The fourth-order valence-electron chi connectivity index (χ4n) is 4.52. The van der Waals surface area contributed by atoms with E-state index < -0.39 is 0 Å². The zero-order valence-corrected chi connectivity index (χ0v) is 18.0. The van der Waals surface area contributed by atoms with Crippen LogP contribution in [0.1, 0.15) is 47.7 Å². The molecule has 0 spiro atoms. The molecule has 3 aromatic rings. The van der Waals surface area contributed by atoms with Crippen LogP contribution in [0.5, 0.6) is 0 Å². The number of fused-ring (bicyclic) bond motifs is 1. The Balaban J connectivity index is 1.35. The number of amides is 1. The van der Waals surface area contributed by atoms with Crippen molar-refractivity contribution in [3.63, 3.8) is 0 Å². The molecule has 2 aromatic heterocycles. The molecule has 1 aromatic carbocycles. The number of morpholine rings is 1. The minimum Gasteiger partial charge on any atom is -0.382 e. The molecule has 5 rings (SSSR count). The minimum absolute atomic E-state index is 0.0282. The number of hydrogen-bond acceptors (Lipinski definition) is 7. The maximum Gasteiger partial charge on any atom is 0.254 e. The van der Waals surface area contributed by atoms with Gasteiger partial charge in [-0.1, -0.05) is 0 Å². The van der Waals surface area contributed by atoms with Crippen LogP contribution in [-0.4, -0.2) is 57.8 Å². The van der Waals surface area contributed by atoms with E-state index in [2.05, 4.69) is 10.4 Å². The summed E-state index contributed by atoms with van der Waals surface area (Å²) in [6.07, 6.45) is 6.11. The molecule has 1 saturated heterocycles. The van der Waals surface area contributed by atoms with Crippen molar-refractivity contribution in [2.75, 3.05) is 37.4 Å². The average molecular weight is 436 g/mol. The van der Waals surface area contributed by atoms with E-state index in [4.69, 9.17) is 21.2 Å². The Morgan fingerprint density at radius 3 is 2.53 bits per heavy atom. The molecule has 9 nitrogen and oxygen atoms in total. The second-order valence-corrected chi connectivity index (χ2v) is 8.64. The molecular formula is C23H29N7O2. The second kappa shape index (κ2) is 8.76. The van der Waals surface area contributed by atoms with Crippen molar-refractivity contribution >= 4 is 28.7 Å². The van der Waals surface area contributed by atoms with Crippen LogP contribution < -0.4 is 16.8 Å². The zero-order valence-electron chi connectivity index (χ0n) is 18.0. The Labute approximate surface area is 186 Å². The summed E-state index contributed by atoms with van der Waals surface area (Å²) in [5.74, 6) is 0.838. The number of nitrogens with one attached hydrogen (secondary N) is 1. The fraction of sp³-hybridized carbons (Fsp3) is 0.435. The van der Waals surface area contributed by atoms with Crippen LogP contribution in [-0.2, 0) is 4.74 Å². The predicted molar refractivity (Wildman–Crippen MR) is 123 cm³/mol. The Hall–Kier alpha value is -3.17. The summed E-state index contributed by atoms with van der Waals surface area (Å²) in [6, 6.07) is 9.55. The molecule has 1 saturated carbocycles. The van der Waals surface area contributed by atoms with Crippen molar-refractivity contribution in [3.05, 3.63) is 47.8 Å². The van der Waals surface area contributed by atoms with Crippen LogP contribution in [0.3, 0.4) is 0 Å². The van der Waals surface area contributed by atoms with Crippen molar-refractivity contribution in [2.24, 2.45) is 5.73 Å². The fourth-order valence-corrected chi connectivity index (χ4v) is 4.52. The van der Waals surface area contributed by atoms with Gasteiger partial charge in [0.1, 0.15) is 5.82 Å². The van der Waals surface area contributed by atoms with E-state index in [0.717, 1.165) is 48.4 Å². The second-order valence-electron chi connectivity index (χ2n) is 8.64. The monoisotopic (exact) mass is 435 g/mol. The lowest BCUT2D eigenvalue weighted by Gasteiger charge is -2.26. The number of aromatic nitrogens is 3. The lowest BCUT2D eigenvalue weighted by molar-refractivity contribution is 0.0303. The molecule has 3 heterocycles. The third-order valence-electron chi connectivity index (χ3n) is 6.36. The standard InChI is InChI=1S/C23H29N7O2/c24-17-5-1-15(2-6-17)20-14-30-22(27-20)19(13-21(25)28-30)26-18-7-3-16(4-8-18)23(31)29-9-11-32-12-10-29/h3-4,7-8,13-15,17,26H,1-2,5-6,9-12,24H2,(H2,25,28)/t15-,17-. The molecular weight excluding hydrogens is 406 g/mol. The van der Waals surface area contributed by atoms with Crippen molar-refractivity contribution in [3.8, 4) is 0 Å². The summed E-state index contributed by atoms with van der Waals surface area (Å²) in [4.78, 5) is 19.4. The Kier molecular flexibility index (Phi) is 5.67. The predicted octanol–water partition coefficient (Wildman–Crippen LogP) is 2.51. The Morgan fingerprint density at radius 2 is 1.81 bits per heavy atom. The number of ether oxygens (including phenoxy) is 1. The van der Waals surface area contributed by atoms with Gasteiger partial charge in [0.05, 0.1) is 30.8 Å². The van der Waals surface area contributed by atoms with Gasteiger partial charge in [0.25, 0.3) is 5.91 Å². The molecule has 2 fully saturated rings. The molecule has 1 amide bonds. The maximum absolute atomic E-state index is 12.7. The third kappa shape index (κ3) is 4.26. The van der Waals surface area contributed by atoms with Gasteiger partial charge in [-0.3, -0.25) is 4.79 Å². The molecule has 0 radical (unpaired) electrons. The van der Waals surface area contributed by atoms with Gasteiger partial charge >= 0.3 is 0 Å². The zero-order chi connectivity index (χ0) is 22.1. The molecule has 32 heavy (non-hydrogen) atoms. The van der Waals surface area contributed by atoms with E-state index in [-0.39, 0.29) is 5.91 Å². The van der Waals surface area contributed by atoms with E-state index in [1.54, 1.807) is 10.6 Å². The number of hydrogen-bond donors (Lipinski definition) is 3. The summed E-state index contributed by atoms with van der Waals surface area (Å²) < 4.78 is 7.08. The van der Waals surface area contributed by atoms with E-state index in [1.165, 1.54) is 0 Å². The molecule has 0 bridgehead atoms. The number of anilines is 3. The molecule has 2 aliphatic rings. The minimum atomic E-state index is 0.0282. The van der Waals surface area contributed by atoms with Crippen molar-refractivity contribution in [2.45, 2.75) is 37.6 Å². The van der Waals surface area contributed by atoms with Gasteiger partial charge in [-0.15, -0.1) is 5.10 Å². The van der Waals surface area contributed by atoms with Gasteiger partial charge < -0.3 is 26.4 Å². The Bertz CT molecular complexity index is 1100. The van der Waals surface area contributed by atoms with Gasteiger partial charge in [-0.05, 0) is 49.9 Å². The highest BCUT2D eigenvalue weighted by molar-refractivity contribution is 5.94. The molecule has 9 heteroatoms. The van der Waals surface area contributed by atoms with E-state index in [9.17, 15) is 4.79 Å². The van der Waals surface area contributed by atoms with Crippen LogP contribution in [0.25, 0.3) is 5.65 Å². The number of imidazole rings is 1. The quantitative estimate of drug-likeness (QED) is 0.575. The van der Waals surface area contributed by atoms with Gasteiger partial charge in [0.15, 0.2) is 5.65 Å². The highest BCUT2D eigenvalue weighted by Gasteiger charge is 2.23. The number of rotatable bonds is 4. The summed E-state index contributed by atoms with van der Waals surface area (Å²) in [6.45, 7) is 2.43. The molecule has 0 unspecified atom stereocenters. The normalized spacial score (nSPS) is 21.6. The number of nitrogens with two attached hydrogens (primary N) is 2. The van der Waals surface area contributed by atoms with E-state index in [0.29, 0.717) is 49.6 Å². The summed E-state index contributed by atoms with van der Waals surface area (Å²) in [5.41, 5.74) is 16.2. The van der Waals surface area contributed by atoms with Crippen LogP contribution in [0, 0.1) is 0 Å². The largest absolute Gasteiger partial charge is 0.382 e. The molecule has 1 aliphatic heterocycles. The highest BCUT2D eigenvalue weighted by Crippen LogP contribution is 2.33. The lowest BCUT2D eigenvalue weighted by Crippen LogP contribution is -2.40. The molecule has 1 aliphatic carbocycles. The summed E-state index contributed by atoms with van der Waals surface area (Å²) in [7, 11) is 0. The molecule has 0 atom stereocenters. The number of carbonyl (C=O) groups excluding carboxylic acids is 1. The van der Waals surface area contributed by atoms with Gasteiger partial charge in [-0.25, -0.2) is 9.50 Å². The van der Waals surface area contributed by atoms with Gasteiger partial charge in [0.2, 0.25) is 0 Å². The van der Waals surface area contributed by atoms with Gasteiger partial charge in [0, 0.05) is 42.4 Å². The molecule has 168 valence electrons. The van der Waals surface area contributed by atoms with Crippen LogP contribution >= 0.6 is 0 Å². The van der Waals surface area contributed by atoms with Gasteiger partial charge in [-0.2, -0.15) is 0 Å². The van der Waals surface area contributed by atoms with E-state index in [1.807, 2.05) is 35.4 Å². The smallest absolute Gasteiger partial charge is 0.254 e. The highest BCUT2D eigenvalue weighted by atomic mass is 16.5. The lowest BCUT2D eigenvalue weighted by atomic mass is 9.85. The van der Waals surface area contributed by atoms with E-state index >= 15 is 0 Å². The SMILES string of the molecule is Nc1cc(Nc2ccc(C(=O)N3CCOCC3)cc2)c2nc([C@H]3CC[C@H](N)CC3)cn2n1. The number of nitrogens with zero attached hydrogens (tertiary/aromatic N) is 4. The number of carbonyl (C=O) groups is 1. The topological polar surface area (TPSA) is 124 Å². The maximum atomic E-state index is 12.7. The van der Waals surface area contributed by atoms with Crippen molar-refractivity contribution in [1.29, 1.82) is 0 Å².